The van der Waals surface area contributed by atoms with Crippen LogP contribution < -0.4 is 14.2 Å². The fourth-order valence-corrected chi connectivity index (χ4v) is 3.06. The van der Waals surface area contributed by atoms with E-state index in [2.05, 4.69) is 4.90 Å². The Bertz CT molecular complexity index is 561. The number of rotatable bonds is 3. The number of fused-ring (bicyclic) bond motifs is 2. The Labute approximate surface area is 130 Å². The van der Waals surface area contributed by atoms with Gasteiger partial charge in [-0.2, -0.15) is 0 Å². The molecule has 1 aromatic rings. The highest BCUT2D eigenvalue weighted by Gasteiger charge is 2.34. The Hall–Kier alpha value is -1.46. The first-order valence-electron chi connectivity index (χ1n) is 6.81. The molecule has 0 N–H and O–H groups in total. The Morgan fingerprint density at radius 3 is 2.90 bits per heavy atom. The number of hydrogen-bond donors (Lipinski definition) is 0. The van der Waals surface area contributed by atoms with Gasteiger partial charge in [-0.25, -0.2) is 0 Å². The van der Waals surface area contributed by atoms with Crippen LogP contribution in [0.15, 0.2) is 6.07 Å². The average molecular weight is 314 g/mol. The molecule has 2 heterocycles. The summed E-state index contributed by atoms with van der Waals surface area (Å²) in [4.78, 5) is 13.8. The molecule has 2 aliphatic rings. The van der Waals surface area contributed by atoms with Gasteiger partial charge in [-0.1, -0.05) is 0 Å². The van der Waals surface area contributed by atoms with Gasteiger partial charge < -0.3 is 14.2 Å². The average Bonchev–Trinajstić information content (AvgIpc) is 2.87. The lowest BCUT2D eigenvalue weighted by Crippen LogP contribution is -2.33. The fourth-order valence-electron chi connectivity index (χ4n) is 3.06. The molecule has 0 saturated carbocycles. The van der Waals surface area contributed by atoms with Crippen LogP contribution in [0, 0.1) is 0 Å². The first-order chi connectivity index (χ1) is 9.61. The number of Topliss-reactive ketones (excluding diaryl/α,β-unsaturated/α-hetero) is 1. The van der Waals surface area contributed by atoms with Crippen molar-refractivity contribution >= 4 is 18.2 Å². The van der Waals surface area contributed by atoms with Crippen LogP contribution >= 0.6 is 12.4 Å². The third kappa shape index (κ3) is 2.68. The van der Waals surface area contributed by atoms with Crippen LogP contribution in [0.1, 0.15) is 30.5 Å². The summed E-state index contributed by atoms with van der Waals surface area (Å²) < 4.78 is 16.6. The highest BCUT2D eigenvalue weighted by atomic mass is 35.5. The van der Waals surface area contributed by atoms with Gasteiger partial charge in [0.25, 0.3) is 0 Å². The Kier molecular flexibility index (Phi) is 4.64. The summed E-state index contributed by atoms with van der Waals surface area (Å²) in [6, 6.07) is 2.07. The van der Waals surface area contributed by atoms with E-state index in [1.807, 2.05) is 13.1 Å². The Balaban J connectivity index is 0.00000161. The van der Waals surface area contributed by atoms with Gasteiger partial charge in [-0.15, -0.1) is 12.4 Å². The summed E-state index contributed by atoms with van der Waals surface area (Å²) in [5.74, 6) is 2.30. The zero-order chi connectivity index (χ0) is 14.3. The molecule has 0 amide bonds. The predicted molar refractivity (Wildman–Crippen MR) is 80.7 cm³/mol. The van der Waals surface area contributed by atoms with Crippen molar-refractivity contribution in [2.45, 2.75) is 25.8 Å². The van der Waals surface area contributed by atoms with Crippen molar-refractivity contribution in [1.82, 2.24) is 4.90 Å². The zero-order valence-corrected chi connectivity index (χ0v) is 13.3. The van der Waals surface area contributed by atoms with Gasteiger partial charge >= 0.3 is 0 Å². The van der Waals surface area contributed by atoms with Gasteiger partial charge in [0.2, 0.25) is 12.5 Å². The molecule has 1 aromatic carbocycles. The number of benzene rings is 1. The normalized spacial score (nSPS) is 19.7. The molecule has 0 aromatic heterocycles. The number of halogens is 1. The van der Waals surface area contributed by atoms with Crippen LogP contribution in [0.2, 0.25) is 0 Å². The van der Waals surface area contributed by atoms with Crippen molar-refractivity contribution in [1.29, 1.82) is 0 Å². The lowest BCUT2D eigenvalue weighted by atomic mass is 9.88. The molecule has 2 aliphatic heterocycles. The SMILES string of the molecule is COc1c2c(cc3c1C(CC(C)=O)N(C)CC3)OCO2.Cl. The number of carbonyl (C=O) groups is 1. The van der Waals surface area contributed by atoms with Gasteiger partial charge in [0.15, 0.2) is 11.5 Å². The van der Waals surface area contributed by atoms with Crippen molar-refractivity contribution in [2.75, 3.05) is 27.5 Å². The maximum absolute atomic E-state index is 11.6. The fraction of sp³-hybridized carbons (Fsp3) is 0.533. The van der Waals surface area contributed by atoms with E-state index < -0.39 is 0 Å². The molecular formula is C15H20ClNO4. The van der Waals surface area contributed by atoms with E-state index in [4.69, 9.17) is 14.2 Å². The summed E-state index contributed by atoms with van der Waals surface area (Å²) >= 11 is 0. The minimum absolute atomic E-state index is 0. The number of methoxy groups -OCH3 is 1. The Morgan fingerprint density at radius 1 is 1.48 bits per heavy atom. The summed E-state index contributed by atoms with van der Waals surface area (Å²) in [6.45, 7) is 2.77. The molecule has 5 nitrogen and oxygen atoms in total. The van der Waals surface area contributed by atoms with Gasteiger partial charge in [0, 0.05) is 24.6 Å². The highest BCUT2D eigenvalue weighted by Crippen LogP contribution is 2.49. The first-order valence-corrected chi connectivity index (χ1v) is 6.81. The van der Waals surface area contributed by atoms with Gasteiger partial charge in [-0.3, -0.25) is 9.69 Å². The van der Waals surface area contributed by atoms with Crippen LogP contribution in [0.3, 0.4) is 0 Å². The van der Waals surface area contributed by atoms with E-state index in [0.29, 0.717) is 17.9 Å². The van der Waals surface area contributed by atoms with E-state index in [1.165, 1.54) is 5.56 Å². The van der Waals surface area contributed by atoms with E-state index in [-0.39, 0.29) is 31.0 Å². The molecule has 0 radical (unpaired) electrons. The quantitative estimate of drug-likeness (QED) is 0.857. The molecular weight excluding hydrogens is 294 g/mol. The molecule has 1 unspecified atom stereocenters. The third-order valence-corrected chi connectivity index (χ3v) is 4.03. The number of ketones is 1. The van der Waals surface area contributed by atoms with Gasteiger partial charge in [0.1, 0.15) is 5.78 Å². The van der Waals surface area contributed by atoms with E-state index in [1.54, 1.807) is 14.0 Å². The first kappa shape index (κ1) is 15.9. The van der Waals surface area contributed by atoms with Crippen molar-refractivity contribution in [3.8, 4) is 17.2 Å². The number of nitrogens with zero attached hydrogens (tertiary/aromatic N) is 1. The molecule has 116 valence electrons. The number of carbonyl (C=O) groups excluding carboxylic acids is 1. The van der Waals surface area contributed by atoms with E-state index >= 15 is 0 Å². The summed E-state index contributed by atoms with van der Waals surface area (Å²) in [6.07, 6.45) is 1.41. The van der Waals surface area contributed by atoms with Crippen LogP contribution in [-0.2, 0) is 11.2 Å². The second kappa shape index (κ2) is 6.12. The third-order valence-electron chi connectivity index (χ3n) is 4.03. The molecule has 0 spiro atoms. The topological polar surface area (TPSA) is 48.0 Å². The second-order valence-corrected chi connectivity index (χ2v) is 5.37. The van der Waals surface area contributed by atoms with Crippen LogP contribution in [0.25, 0.3) is 0 Å². The maximum atomic E-state index is 11.6. The molecule has 0 bridgehead atoms. The molecule has 21 heavy (non-hydrogen) atoms. The monoisotopic (exact) mass is 313 g/mol. The molecule has 6 heteroatoms. The summed E-state index contributed by atoms with van der Waals surface area (Å²) in [5.41, 5.74) is 2.26. The molecule has 3 rings (SSSR count). The lowest BCUT2D eigenvalue weighted by Gasteiger charge is -2.35. The summed E-state index contributed by atoms with van der Waals surface area (Å²) in [7, 11) is 3.68. The Morgan fingerprint density at radius 2 is 2.24 bits per heavy atom. The second-order valence-electron chi connectivity index (χ2n) is 5.37. The van der Waals surface area contributed by atoms with E-state index in [0.717, 1.165) is 24.3 Å². The smallest absolute Gasteiger partial charge is 0.231 e. The molecule has 1 atom stereocenters. The minimum atomic E-state index is 0. The van der Waals surface area contributed by atoms with E-state index in [9.17, 15) is 4.79 Å². The molecule has 0 aliphatic carbocycles. The van der Waals surface area contributed by atoms with Gasteiger partial charge in [-0.05, 0) is 32.0 Å². The largest absolute Gasteiger partial charge is 0.492 e. The van der Waals surface area contributed by atoms with Crippen molar-refractivity contribution in [3.05, 3.63) is 17.2 Å². The predicted octanol–water partition coefficient (Wildman–Crippen LogP) is 2.35. The molecule has 0 saturated heterocycles. The van der Waals surface area contributed by atoms with Crippen LogP contribution in [0.5, 0.6) is 17.2 Å². The van der Waals surface area contributed by atoms with Gasteiger partial charge in [0.05, 0.1) is 7.11 Å². The highest BCUT2D eigenvalue weighted by molar-refractivity contribution is 5.85. The standard InChI is InChI=1S/C15H19NO4.ClH/c1-9(17)6-11-13-10(4-5-16(11)2)7-12-14(15(13)18-3)20-8-19-12;/h7,11H,4-6,8H2,1-3H3;1H. The van der Waals surface area contributed by atoms with Crippen molar-refractivity contribution in [3.63, 3.8) is 0 Å². The number of ether oxygens (including phenoxy) is 3. The van der Waals surface area contributed by atoms with Crippen molar-refractivity contribution < 1.29 is 19.0 Å². The minimum Gasteiger partial charge on any atom is -0.492 e. The lowest BCUT2D eigenvalue weighted by molar-refractivity contribution is -0.118. The summed E-state index contributed by atoms with van der Waals surface area (Å²) in [5, 5.41) is 0. The van der Waals surface area contributed by atoms with Crippen molar-refractivity contribution in [2.24, 2.45) is 0 Å². The zero-order valence-electron chi connectivity index (χ0n) is 12.5. The maximum Gasteiger partial charge on any atom is 0.231 e. The van der Waals surface area contributed by atoms with Crippen LogP contribution in [0.4, 0.5) is 0 Å². The number of likely N-dealkylation sites (N-methyl/N-ethyl adjacent to an activating group) is 1. The molecule has 0 fully saturated rings. The number of hydrogen-bond acceptors (Lipinski definition) is 5. The van der Waals surface area contributed by atoms with Crippen LogP contribution in [-0.4, -0.2) is 38.2 Å².